The van der Waals surface area contributed by atoms with Gasteiger partial charge >= 0.3 is 0 Å². The number of nitrogens with zero attached hydrogens (tertiary/aromatic N) is 5. The van der Waals surface area contributed by atoms with E-state index in [2.05, 4.69) is 19.9 Å². The van der Waals surface area contributed by atoms with Crippen molar-refractivity contribution >= 4 is 32.7 Å². The van der Waals surface area contributed by atoms with Crippen LogP contribution in [0, 0.1) is 0 Å². The number of pyridine rings is 1. The summed E-state index contributed by atoms with van der Waals surface area (Å²) in [5.41, 5.74) is 0.518. The maximum absolute atomic E-state index is 12.6. The maximum atomic E-state index is 12.6. The number of aromatic nitrogens is 3. The molecular formula is C21H28ClN5O4S. The van der Waals surface area contributed by atoms with Crippen molar-refractivity contribution in [3.63, 3.8) is 0 Å². The smallest absolute Gasteiger partial charge is 0.255 e. The molecule has 0 aromatic carbocycles. The first kappa shape index (κ1) is 22.9. The Morgan fingerprint density at radius 2 is 1.88 bits per heavy atom. The van der Waals surface area contributed by atoms with Crippen LogP contribution in [0.3, 0.4) is 0 Å². The molecule has 0 saturated carbocycles. The van der Waals surface area contributed by atoms with E-state index in [1.54, 1.807) is 18.3 Å². The number of amides is 1. The molecule has 32 heavy (non-hydrogen) atoms. The Balaban J connectivity index is 1.37. The van der Waals surface area contributed by atoms with Crippen LogP contribution < -0.4 is 9.64 Å². The van der Waals surface area contributed by atoms with Gasteiger partial charge in [-0.25, -0.2) is 14.2 Å². The Bertz CT molecular complexity index is 1070. The summed E-state index contributed by atoms with van der Waals surface area (Å²) in [7, 11) is -4.04. The third-order valence-corrected chi connectivity index (χ3v) is 7.14. The first-order valence-corrected chi connectivity index (χ1v) is 13.7. The van der Waals surface area contributed by atoms with Gasteiger partial charge in [0.15, 0.2) is 0 Å². The van der Waals surface area contributed by atoms with Crippen molar-refractivity contribution < 1.29 is 18.3 Å². The lowest BCUT2D eigenvalue weighted by molar-refractivity contribution is 0.0792. The van der Waals surface area contributed by atoms with Gasteiger partial charge in [0.1, 0.15) is 11.9 Å². The lowest BCUT2D eigenvalue weighted by atomic mass is 10.1. The molecule has 4 rings (SSSR count). The minimum Gasteiger partial charge on any atom is -0.474 e. The SMILES string of the molecule is CS(C)(=O)(O)c1nccc(OC2CCN(c3ncc(C(=O)N4CCCC4)cc3Cl)CC2)n1. The van der Waals surface area contributed by atoms with Crippen LogP contribution in [0.15, 0.2) is 29.7 Å². The molecule has 1 amide bonds. The molecule has 2 aromatic heterocycles. The molecule has 0 spiro atoms. The Kier molecular flexibility index (Phi) is 6.12. The fourth-order valence-corrected chi connectivity index (χ4v) is 4.91. The summed E-state index contributed by atoms with van der Waals surface area (Å²) in [4.78, 5) is 29.0. The third-order valence-electron chi connectivity index (χ3n) is 5.62. The number of carbonyl (C=O) groups is 1. The molecule has 1 N–H and O–H groups in total. The van der Waals surface area contributed by atoms with E-state index in [4.69, 9.17) is 16.3 Å². The molecule has 9 nitrogen and oxygen atoms in total. The minimum absolute atomic E-state index is 0.0203. The second-order valence-corrected chi connectivity index (χ2v) is 13.1. The fraction of sp³-hybridized carbons (Fsp3) is 0.524. The van der Waals surface area contributed by atoms with Crippen molar-refractivity contribution in [1.29, 1.82) is 0 Å². The van der Waals surface area contributed by atoms with Gasteiger partial charge < -0.3 is 14.5 Å². The van der Waals surface area contributed by atoms with Crippen LogP contribution in [-0.2, 0) is 9.35 Å². The lowest BCUT2D eigenvalue weighted by Crippen LogP contribution is -2.39. The lowest BCUT2D eigenvalue weighted by Gasteiger charge is -2.34. The normalized spacial score (nSPS) is 18.9. The zero-order valence-corrected chi connectivity index (χ0v) is 19.8. The summed E-state index contributed by atoms with van der Waals surface area (Å²) in [6.45, 7) is 2.92. The number of anilines is 1. The largest absolute Gasteiger partial charge is 0.474 e. The highest BCUT2D eigenvalue weighted by molar-refractivity contribution is 8.13. The summed E-state index contributed by atoms with van der Waals surface area (Å²) in [5, 5.41) is 0.334. The van der Waals surface area contributed by atoms with Crippen molar-refractivity contribution in [2.75, 3.05) is 43.6 Å². The molecule has 2 aliphatic rings. The second kappa shape index (κ2) is 8.57. The molecule has 0 unspecified atom stereocenters. The molecule has 2 aromatic rings. The average Bonchev–Trinajstić information content (AvgIpc) is 3.28. The highest BCUT2D eigenvalue weighted by Gasteiger charge is 2.26. The molecule has 0 aliphatic carbocycles. The standard InChI is InChI=1S/C21H28ClN5O4S/c1-32(2,29,30)21-23-8-5-18(25-21)31-16-6-11-26(12-7-16)19-17(22)13-15(14-24-19)20(28)27-9-3-4-10-27/h5,8,13-14,16H,3-4,6-7,9-12H2,1-2H3,(H,29,30). The van der Waals surface area contributed by atoms with Crippen LogP contribution in [0.1, 0.15) is 36.0 Å². The first-order valence-electron chi connectivity index (χ1n) is 10.6. The van der Waals surface area contributed by atoms with Gasteiger partial charge in [-0.3, -0.25) is 9.35 Å². The maximum Gasteiger partial charge on any atom is 0.255 e. The first-order chi connectivity index (χ1) is 15.1. The van der Waals surface area contributed by atoms with Gasteiger partial charge in [0.2, 0.25) is 11.0 Å². The predicted octanol–water partition coefficient (Wildman–Crippen LogP) is 2.72. The molecule has 11 heteroatoms. The number of carbonyl (C=O) groups excluding carboxylic acids is 1. The number of hydrogen-bond donors (Lipinski definition) is 1. The summed E-state index contributed by atoms with van der Waals surface area (Å²) in [6.07, 6.45) is 8.87. The summed E-state index contributed by atoms with van der Waals surface area (Å²) in [5.74, 6) is 0.923. The topological polar surface area (TPSA) is 109 Å². The van der Waals surface area contributed by atoms with Crippen molar-refractivity contribution in [2.45, 2.75) is 36.9 Å². The van der Waals surface area contributed by atoms with Gasteiger partial charge in [0, 0.05) is 70.0 Å². The van der Waals surface area contributed by atoms with E-state index in [0.717, 1.165) is 25.9 Å². The van der Waals surface area contributed by atoms with E-state index in [9.17, 15) is 13.6 Å². The van der Waals surface area contributed by atoms with E-state index < -0.39 is 9.35 Å². The van der Waals surface area contributed by atoms with Crippen LogP contribution >= 0.6 is 11.6 Å². The van der Waals surface area contributed by atoms with Crippen LogP contribution in [0.5, 0.6) is 5.88 Å². The van der Waals surface area contributed by atoms with Gasteiger partial charge in [-0.1, -0.05) is 11.6 Å². The minimum atomic E-state index is -4.04. The Labute approximate surface area is 192 Å². The van der Waals surface area contributed by atoms with Gasteiger partial charge in [-0.2, -0.15) is 4.98 Å². The van der Waals surface area contributed by atoms with Crippen molar-refractivity contribution in [3.05, 3.63) is 35.1 Å². The summed E-state index contributed by atoms with van der Waals surface area (Å²) in [6, 6.07) is 3.29. The van der Waals surface area contributed by atoms with Gasteiger partial charge in [-0.05, 0) is 18.9 Å². The van der Waals surface area contributed by atoms with Crippen LogP contribution in [0.25, 0.3) is 0 Å². The zero-order valence-electron chi connectivity index (χ0n) is 18.2. The molecule has 0 atom stereocenters. The molecule has 174 valence electrons. The number of piperidine rings is 1. The molecule has 4 heterocycles. The Morgan fingerprint density at radius 1 is 1.19 bits per heavy atom. The Morgan fingerprint density at radius 3 is 2.50 bits per heavy atom. The van der Waals surface area contributed by atoms with E-state index in [0.29, 0.717) is 42.3 Å². The predicted molar refractivity (Wildman–Crippen MR) is 123 cm³/mol. The van der Waals surface area contributed by atoms with E-state index in [1.165, 1.54) is 18.7 Å². The number of halogens is 1. The van der Waals surface area contributed by atoms with Crippen LogP contribution in [-0.4, -0.2) is 79.3 Å². The van der Waals surface area contributed by atoms with E-state index in [-0.39, 0.29) is 23.0 Å². The molecule has 2 fully saturated rings. The van der Waals surface area contributed by atoms with Crippen molar-refractivity contribution in [2.24, 2.45) is 0 Å². The molecule has 0 bridgehead atoms. The van der Waals surface area contributed by atoms with Crippen LogP contribution in [0.4, 0.5) is 5.82 Å². The van der Waals surface area contributed by atoms with E-state index in [1.807, 2.05) is 4.90 Å². The molecule has 0 radical (unpaired) electrons. The fourth-order valence-electron chi connectivity index (χ4n) is 3.91. The number of rotatable bonds is 5. The zero-order chi connectivity index (χ0) is 23.0. The summed E-state index contributed by atoms with van der Waals surface area (Å²) < 4.78 is 28.4. The van der Waals surface area contributed by atoms with Crippen molar-refractivity contribution in [3.8, 4) is 5.88 Å². The molecular weight excluding hydrogens is 454 g/mol. The van der Waals surface area contributed by atoms with Gasteiger partial charge in [0.25, 0.3) is 5.91 Å². The highest BCUT2D eigenvalue weighted by Crippen LogP contribution is 2.29. The third kappa shape index (κ3) is 5.19. The van der Waals surface area contributed by atoms with Crippen LogP contribution in [0.2, 0.25) is 5.02 Å². The van der Waals surface area contributed by atoms with E-state index >= 15 is 0 Å². The second-order valence-electron chi connectivity index (χ2n) is 8.77. The van der Waals surface area contributed by atoms with Gasteiger partial charge in [-0.15, -0.1) is 9.35 Å². The quantitative estimate of drug-likeness (QED) is 0.649. The number of likely N-dealkylation sites (tertiary alicyclic amines) is 1. The van der Waals surface area contributed by atoms with Gasteiger partial charge in [0.05, 0.1) is 10.6 Å². The monoisotopic (exact) mass is 481 g/mol. The average molecular weight is 482 g/mol. The Hall–Kier alpha value is -2.30. The van der Waals surface area contributed by atoms with Crippen molar-refractivity contribution in [1.82, 2.24) is 19.9 Å². The summed E-state index contributed by atoms with van der Waals surface area (Å²) >= 11 is 6.48. The number of hydrogen-bond acceptors (Lipinski definition) is 7. The number of ether oxygens (including phenoxy) is 1. The molecule has 2 saturated heterocycles. The molecule has 2 aliphatic heterocycles. The highest BCUT2D eigenvalue weighted by atomic mass is 35.5.